The second kappa shape index (κ2) is 8.86. The highest BCUT2D eigenvalue weighted by Crippen LogP contribution is 2.29. The van der Waals surface area contributed by atoms with E-state index < -0.39 is 12.6 Å². The van der Waals surface area contributed by atoms with E-state index in [1.54, 1.807) is 0 Å². The molecular formula is C22H30O4. The molecule has 0 aliphatic heterocycles. The highest BCUT2D eigenvalue weighted by atomic mass is 16.5. The molecule has 0 bridgehead atoms. The summed E-state index contributed by atoms with van der Waals surface area (Å²) in [5.41, 5.74) is 2.98. The van der Waals surface area contributed by atoms with Crippen LogP contribution in [0.25, 0.3) is 0 Å². The molecule has 0 radical (unpaired) electrons. The lowest BCUT2D eigenvalue weighted by Crippen LogP contribution is -2.10. The molecule has 0 heterocycles. The van der Waals surface area contributed by atoms with Gasteiger partial charge in [0, 0.05) is 0 Å². The van der Waals surface area contributed by atoms with Crippen molar-refractivity contribution >= 4 is 5.97 Å². The minimum atomic E-state index is -1.19. The van der Waals surface area contributed by atoms with Gasteiger partial charge in [-0.2, -0.15) is 0 Å². The molecule has 0 aromatic heterocycles. The van der Waals surface area contributed by atoms with Gasteiger partial charge in [-0.25, -0.2) is 4.79 Å². The quantitative estimate of drug-likeness (QED) is 0.797. The van der Waals surface area contributed by atoms with Crippen molar-refractivity contribution in [1.29, 1.82) is 0 Å². The number of benzene rings is 2. The third-order valence-corrected chi connectivity index (χ3v) is 3.81. The average Bonchev–Trinajstić information content (AvgIpc) is 2.55. The number of aliphatic hydroxyl groups is 1. The molecule has 0 unspecified atom stereocenters. The number of rotatable bonds is 3. The smallest absolute Gasteiger partial charge is 0.329 e. The molecule has 2 aromatic carbocycles. The van der Waals surface area contributed by atoms with Crippen LogP contribution in [0, 0.1) is 0 Å². The van der Waals surface area contributed by atoms with Crippen molar-refractivity contribution in [3.05, 3.63) is 59.7 Å². The molecule has 0 spiro atoms. The van der Waals surface area contributed by atoms with Gasteiger partial charge in [0.05, 0.1) is 0 Å². The Labute approximate surface area is 156 Å². The van der Waals surface area contributed by atoms with Gasteiger partial charge in [-0.1, -0.05) is 65.8 Å². The fraction of sp³-hybridized carbons (Fsp3) is 0.409. The van der Waals surface area contributed by atoms with Gasteiger partial charge >= 0.3 is 5.97 Å². The molecule has 2 rings (SSSR count). The van der Waals surface area contributed by atoms with Crippen molar-refractivity contribution in [2.45, 2.75) is 52.4 Å². The summed E-state index contributed by atoms with van der Waals surface area (Å²) in [6, 6.07) is 16.7. The van der Waals surface area contributed by atoms with Crippen LogP contribution in [0.1, 0.15) is 52.7 Å². The SMILES string of the molecule is CC(C)(C)c1ccc(Oc2ccc(C(C)(C)C)cc2)cc1.O=C(O)CO. The summed E-state index contributed by atoms with van der Waals surface area (Å²) < 4.78 is 5.91. The second-order valence-electron chi connectivity index (χ2n) is 8.20. The molecule has 0 fully saturated rings. The Morgan fingerprint density at radius 2 is 1.04 bits per heavy atom. The maximum absolute atomic E-state index is 9.12. The van der Waals surface area contributed by atoms with Gasteiger partial charge in [0.1, 0.15) is 18.1 Å². The average molecular weight is 358 g/mol. The van der Waals surface area contributed by atoms with E-state index in [4.69, 9.17) is 19.7 Å². The Morgan fingerprint density at radius 1 is 0.769 bits per heavy atom. The van der Waals surface area contributed by atoms with Crippen molar-refractivity contribution in [1.82, 2.24) is 0 Å². The number of carboxylic acids is 1. The Kier molecular flexibility index (Phi) is 7.40. The zero-order valence-electron chi connectivity index (χ0n) is 16.5. The third kappa shape index (κ3) is 7.28. The first-order chi connectivity index (χ1) is 11.9. The number of aliphatic hydroxyl groups excluding tert-OH is 1. The lowest BCUT2D eigenvalue weighted by molar-refractivity contribution is -0.140. The Bertz CT molecular complexity index is 631. The van der Waals surface area contributed by atoms with Crippen LogP contribution in [0.4, 0.5) is 0 Å². The van der Waals surface area contributed by atoms with Crippen LogP contribution in [0.5, 0.6) is 11.5 Å². The molecule has 2 aromatic rings. The fourth-order valence-corrected chi connectivity index (χ4v) is 2.18. The van der Waals surface area contributed by atoms with Crippen LogP contribution >= 0.6 is 0 Å². The van der Waals surface area contributed by atoms with E-state index in [1.165, 1.54) is 11.1 Å². The summed E-state index contributed by atoms with van der Waals surface area (Å²) in [5.74, 6) is 0.572. The maximum Gasteiger partial charge on any atom is 0.329 e. The Hall–Kier alpha value is -2.33. The molecule has 142 valence electrons. The first-order valence-corrected chi connectivity index (χ1v) is 8.65. The maximum atomic E-state index is 9.12. The summed E-state index contributed by atoms with van der Waals surface area (Å²) in [5, 5.41) is 15.0. The topological polar surface area (TPSA) is 66.8 Å². The molecule has 0 atom stereocenters. The minimum absolute atomic E-state index is 0.173. The predicted octanol–water partition coefficient (Wildman–Crippen LogP) is 5.14. The fourth-order valence-electron chi connectivity index (χ4n) is 2.18. The van der Waals surface area contributed by atoms with Gasteiger partial charge in [-0.05, 0) is 46.2 Å². The molecule has 2 N–H and O–H groups in total. The monoisotopic (exact) mass is 358 g/mol. The first-order valence-electron chi connectivity index (χ1n) is 8.65. The molecule has 0 aliphatic carbocycles. The molecule has 0 amide bonds. The van der Waals surface area contributed by atoms with E-state index in [1.807, 2.05) is 24.3 Å². The standard InChI is InChI=1S/C20H26O.C2H4O3/c1-19(2,3)15-7-11-17(12-8-15)21-18-13-9-16(10-14-18)20(4,5)6;3-1-2(4)5/h7-14H,1-6H3;3H,1H2,(H,4,5). The van der Waals surface area contributed by atoms with Gasteiger partial charge in [-0.15, -0.1) is 0 Å². The van der Waals surface area contributed by atoms with Crippen LogP contribution in [-0.2, 0) is 15.6 Å². The zero-order valence-corrected chi connectivity index (χ0v) is 16.5. The number of hydrogen-bond acceptors (Lipinski definition) is 3. The van der Waals surface area contributed by atoms with Crippen molar-refractivity contribution < 1.29 is 19.7 Å². The summed E-state index contributed by atoms with van der Waals surface area (Å²) >= 11 is 0. The number of aliphatic carboxylic acids is 1. The summed E-state index contributed by atoms with van der Waals surface area (Å²) in [4.78, 5) is 9.12. The highest BCUT2D eigenvalue weighted by Gasteiger charge is 2.14. The second-order valence-corrected chi connectivity index (χ2v) is 8.20. The van der Waals surface area contributed by atoms with E-state index in [2.05, 4.69) is 65.8 Å². The van der Waals surface area contributed by atoms with Crippen molar-refractivity contribution in [2.24, 2.45) is 0 Å². The molecule has 4 heteroatoms. The molecule has 0 saturated carbocycles. The first kappa shape index (κ1) is 21.7. The summed E-state index contributed by atoms with van der Waals surface area (Å²) in [7, 11) is 0. The van der Waals surface area contributed by atoms with E-state index >= 15 is 0 Å². The zero-order chi connectivity index (χ0) is 20.0. The van der Waals surface area contributed by atoms with Crippen LogP contribution in [0.15, 0.2) is 48.5 Å². The van der Waals surface area contributed by atoms with Crippen LogP contribution in [0.2, 0.25) is 0 Å². The number of ether oxygens (including phenoxy) is 1. The van der Waals surface area contributed by atoms with E-state index in [0.29, 0.717) is 0 Å². The molecule has 0 aliphatic rings. The minimum Gasteiger partial charge on any atom is -0.480 e. The molecule has 26 heavy (non-hydrogen) atoms. The normalized spacial score (nSPS) is 11.3. The van der Waals surface area contributed by atoms with Gasteiger partial charge in [0.25, 0.3) is 0 Å². The largest absolute Gasteiger partial charge is 0.480 e. The summed E-state index contributed by atoms with van der Waals surface area (Å²) in [6.07, 6.45) is 0. The third-order valence-electron chi connectivity index (χ3n) is 3.81. The van der Waals surface area contributed by atoms with Crippen molar-refractivity contribution in [2.75, 3.05) is 6.61 Å². The predicted molar refractivity (Wildman–Crippen MR) is 105 cm³/mol. The lowest BCUT2D eigenvalue weighted by atomic mass is 9.87. The van der Waals surface area contributed by atoms with Gasteiger partial charge in [0.2, 0.25) is 0 Å². The number of carboxylic acid groups (broad SMARTS) is 1. The van der Waals surface area contributed by atoms with E-state index in [0.717, 1.165) is 11.5 Å². The van der Waals surface area contributed by atoms with Crippen LogP contribution in [0.3, 0.4) is 0 Å². The molecule has 0 saturated heterocycles. The highest BCUT2D eigenvalue weighted by molar-refractivity contribution is 5.67. The Morgan fingerprint density at radius 3 is 1.23 bits per heavy atom. The molecular weight excluding hydrogens is 328 g/mol. The van der Waals surface area contributed by atoms with Crippen LogP contribution < -0.4 is 4.74 Å². The van der Waals surface area contributed by atoms with Gasteiger partial charge in [-0.3, -0.25) is 0 Å². The van der Waals surface area contributed by atoms with E-state index in [9.17, 15) is 0 Å². The number of carbonyl (C=O) groups is 1. The molecule has 4 nitrogen and oxygen atoms in total. The Balaban J connectivity index is 0.000000597. The van der Waals surface area contributed by atoms with Crippen molar-refractivity contribution in [3.8, 4) is 11.5 Å². The van der Waals surface area contributed by atoms with Gasteiger partial charge in [0.15, 0.2) is 0 Å². The van der Waals surface area contributed by atoms with E-state index in [-0.39, 0.29) is 10.8 Å². The van der Waals surface area contributed by atoms with Crippen LogP contribution in [-0.4, -0.2) is 22.8 Å². The summed E-state index contributed by atoms with van der Waals surface area (Å²) in [6.45, 7) is 12.5. The van der Waals surface area contributed by atoms with Gasteiger partial charge < -0.3 is 14.9 Å². The lowest BCUT2D eigenvalue weighted by Gasteiger charge is -2.20. The number of hydrogen-bond donors (Lipinski definition) is 2. The van der Waals surface area contributed by atoms with Crippen molar-refractivity contribution in [3.63, 3.8) is 0 Å².